The van der Waals surface area contributed by atoms with E-state index < -0.39 is 0 Å². The summed E-state index contributed by atoms with van der Waals surface area (Å²) in [4.78, 5) is 17.2. The van der Waals surface area contributed by atoms with Gasteiger partial charge in [0.15, 0.2) is 0 Å². The van der Waals surface area contributed by atoms with Crippen molar-refractivity contribution in [3.8, 4) is 10.7 Å². The third-order valence-electron chi connectivity index (χ3n) is 5.00. The Bertz CT molecular complexity index is 970. The van der Waals surface area contributed by atoms with Gasteiger partial charge in [-0.2, -0.15) is 0 Å². The molecule has 0 amide bonds. The number of aryl methyl sites for hydroxylation is 3. The van der Waals surface area contributed by atoms with Crippen LogP contribution in [0.4, 0.5) is 11.6 Å². The van der Waals surface area contributed by atoms with Gasteiger partial charge in [0.25, 0.3) is 0 Å². The minimum absolute atomic E-state index is 0.199. The zero-order valence-corrected chi connectivity index (χ0v) is 19.6. The maximum Gasteiger partial charge on any atom is 0.227 e. The Kier molecular flexibility index (Phi) is 8.48. The number of thiazole rings is 1. The molecule has 3 rings (SSSR count). The Morgan fingerprint density at radius 1 is 1.06 bits per heavy atom. The zero-order chi connectivity index (χ0) is 22.2. The number of aliphatic hydroxyl groups excluding tert-OH is 1. The molecule has 0 unspecified atom stereocenters. The first kappa shape index (κ1) is 23.3. The number of rotatable bonds is 11. The summed E-state index contributed by atoms with van der Waals surface area (Å²) in [5.41, 5.74) is 5.23. The van der Waals surface area contributed by atoms with E-state index in [9.17, 15) is 0 Å². The molecule has 0 bridgehead atoms. The van der Waals surface area contributed by atoms with Crippen LogP contribution >= 0.6 is 11.3 Å². The van der Waals surface area contributed by atoms with Gasteiger partial charge in [0.1, 0.15) is 10.7 Å². The smallest absolute Gasteiger partial charge is 0.227 e. The zero-order valence-electron chi connectivity index (χ0n) is 18.8. The predicted octanol–water partition coefficient (Wildman–Crippen LogP) is 3.67. The van der Waals surface area contributed by atoms with E-state index >= 15 is 0 Å². The topological polar surface area (TPSA) is 86.2 Å². The van der Waals surface area contributed by atoms with Crippen LogP contribution in [-0.2, 0) is 6.54 Å². The van der Waals surface area contributed by atoms with Crippen LogP contribution in [0.15, 0.2) is 30.5 Å². The fourth-order valence-electron chi connectivity index (χ4n) is 3.42. The van der Waals surface area contributed by atoms with Crippen molar-refractivity contribution in [2.24, 2.45) is 0 Å². The lowest BCUT2D eigenvalue weighted by molar-refractivity contribution is 0.202. The van der Waals surface area contributed by atoms with Crippen molar-refractivity contribution in [1.82, 2.24) is 25.2 Å². The molecular weight excluding hydrogens is 408 g/mol. The molecule has 2 aromatic heterocycles. The first-order valence-electron chi connectivity index (χ1n) is 10.7. The number of hydrogen-bond acceptors (Lipinski definition) is 8. The van der Waals surface area contributed by atoms with Crippen LogP contribution in [0.1, 0.15) is 28.6 Å². The molecule has 2 heterocycles. The maximum atomic E-state index is 9.09. The van der Waals surface area contributed by atoms with E-state index in [1.54, 1.807) is 17.5 Å². The van der Waals surface area contributed by atoms with Gasteiger partial charge >= 0.3 is 0 Å². The van der Waals surface area contributed by atoms with Crippen molar-refractivity contribution >= 4 is 23.0 Å². The van der Waals surface area contributed by atoms with Crippen LogP contribution in [-0.4, -0.2) is 57.7 Å². The average Bonchev–Trinajstić information content (AvgIpc) is 3.10. The second kappa shape index (κ2) is 11.3. The highest BCUT2D eigenvalue weighted by atomic mass is 32.1. The Morgan fingerprint density at radius 2 is 1.84 bits per heavy atom. The van der Waals surface area contributed by atoms with Gasteiger partial charge in [0, 0.05) is 42.9 Å². The van der Waals surface area contributed by atoms with E-state index in [1.165, 1.54) is 16.0 Å². The van der Waals surface area contributed by atoms with Crippen LogP contribution in [0.5, 0.6) is 0 Å². The molecule has 1 aromatic carbocycles. The molecule has 8 heteroatoms. The number of aromatic nitrogens is 3. The molecule has 0 saturated heterocycles. The van der Waals surface area contributed by atoms with Crippen LogP contribution < -0.4 is 10.6 Å². The van der Waals surface area contributed by atoms with Crippen molar-refractivity contribution in [2.75, 3.05) is 38.1 Å². The van der Waals surface area contributed by atoms with Crippen molar-refractivity contribution < 1.29 is 5.11 Å². The molecule has 31 heavy (non-hydrogen) atoms. The molecule has 3 aromatic rings. The van der Waals surface area contributed by atoms with E-state index in [1.807, 2.05) is 13.0 Å². The van der Waals surface area contributed by atoms with Crippen molar-refractivity contribution in [1.29, 1.82) is 0 Å². The molecule has 0 fully saturated rings. The Hall–Kier alpha value is -2.39. The van der Waals surface area contributed by atoms with Gasteiger partial charge in [-0.15, -0.1) is 11.3 Å². The molecule has 3 N–H and O–H groups in total. The van der Waals surface area contributed by atoms with Gasteiger partial charge in [-0.05, 0) is 56.6 Å². The number of nitrogens with one attached hydrogen (secondary N) is 2. The third-order valence-corrected chi connectivity index (χ3v) is 6.18. The van der Waals surface area contributed by atoms with Crippen molar-refractivity contribution in [3.63, 3.8) is 0 Å². The summed E-state index contributed by atoms with van der Waals surface area (Å²) in [5, 5.41) is 16.8. The molecule has 7 nitrogen and oxygen atoms in total. The summed E-state index contributed by atoms with van der Waals surface area (Å²) in [6.07, 6.45) is 1.77. The van der Waals surface area contributed by atoms with Crippen LogP contribution in [0.2, 0.25) is 0 Å². The fraction of sp³-hybridized carbons (Fsp3) is 0.435. The van der Waals surface area contributed by atoms with Crippen molar-refractivity contribution in [3.05, 3.63) is 52.2 Å². The number of benzene rings is 1. The highest BCUT2D eigenvalue weighted by Crippen LogP contribution is 2.27. The van der Waals surface area contributed by atoms with Gasteiger partial charge in [-0.1, -0.05) is 13.0 Å². The second-order valence-electron chi connectivity index (χ2n) is 7.63. The number of hydrogen-bond donors (Lipinski definition) is 3. The van der Waals surface area contributed by atoms with Gasteiger partial charge in [-0.3, -0.25) is 0 Å². The molecule has 0 aliphatic heterocycles. The summed E-state index contributed by atoms with van der Waals surface area (Å²) in [6, 6.07) is 8.21. The quantitative estimate of drug-likeness (QED) is 0.392. The molecule has 0 saturated carbocycles. The van der Waals surface area contributed by atoms with E-state index in [0.29, 0.717) is 12.5 Å². The van der Waals surface area contributed by atoms with Crippen LogP contribution in [0.3, 0.4) is 0 Å². The van der Waals surface area contributed by atoms with Crippen LogP contribution in [0.25, 0.3) is 10.7 Å². The fourth-order valence-corrected chi connectivity index (χ4v) is 4.43. The first-order chi connectivity index (χ1) is 15.0. The van der Waals surface area contributed by atoms with Gasteiger partial charge < -0.3 is 20.6 Å². The van der Waals surface area contributed by atoms with Gasteiger partial charge in [0.2, 0.25) is 5.95 Å². The molecule has 0 aliphatic carbocycles. The third kappa shape index (κ3) is 6.80. The summed E-state index contributed by atoms with van der Waals surface area (Å²) in [5.74, 6) is 0.568. The van der Waals surface area contributed by atoms with Crippen molar-refractivity contribution in [2.45, 2.75) is 34.2 Å². The number of anilines is 2. The lowest BCUT2D eigenvalue weighted by atomic mass is 10.1. The Morgan fingerprint density at radius 3 is 2.55 bits per heavy atom. The van der Waals surface area contributed by atoms with E-state index in [-0.39, 0.29) is 6.61 Å². The van der Waals surface area contributed by atoms with E-state index in [4.69, 9.17) is 10.1 Å². The van der Waals surface area contributed by atoms with E-state index in [2.05, 4.69) is 64.5 Å². The van der Waals surface area contributed by atoms with Gasteiger partial charge in [0.05, 0.1) is 12.3 Å². The monoisotopic (exact) mass is 440 g/mol. The van der Waals surface area contributed by atoms with Gasteiger partial charge in [-0.25, -0.2) is 15.0 Å². The second-order valence-corrected chi connectivity index (χ2v) is 8.71. The van der Waals surface area contributed by atoms with E-state index in [0.717, 1.165) is 48.3 Å². The highest BCUT2D eigenvalue weighted by Gasteiger charge is 2.12. The molecular formula is C23H32N6OS. The standard InChI is InChI=1S/C23H32N6OS/c1-5-29(10-11-30)9-8-24-15-21-18(4)26-22(31-21)20-6-7-25-23(28-20)27-19-13-16(2)12-17(3)14-19/h6-7,12-14,24,30H,5,8-11,15H2,1-4H3,(H,25,27,28). The molecule has 0 spiro atoms. The Labute approximate surface area is 188 Å². The lowest BCUT2D eigenvalue weighted by Gasteiger charge is -2.18. The number of nitrogens with zero attached hydrogens (tertiary/aromatic N) is 4. The Balaban J connectivity index is 1.63. The number of aliphatic hydroxyl groups is 1. The first-order valence-corrected chi connectivity index (χ1v) is 11.5. The molecule has 0 aliphatic rings. The minimum atomic E-state index is 0.199. The summed E-state index contributed by atoms with van der Waals surface area (Å²) in [6.45, 7) is 12.7. The molecule has 0 atom stereocenters. The summed E-state index contributed by atoms with van der Waals surface area (Å²) in [7, 11) is 0. The number of likely N-dealkylation sites (N-methyl/N-ethyl adjacent to an activating group) is 1. The lowest BCUT2D eigenvalue weighted by Crippen LogP contribution is -2.33. The minimum Gasteiger partial charge on any atom is -0.395 e. The highest BCUT2D eigenvalue weighted by molar-refractivity contribution is 7.15. The molecule has 166 valence electrons. The normalized spacial score (nSPS) is 11.3. The summed E-state index contributed by atoms with van der Waals surface area (Å²) >= 11 is 1.66. The summed E-state index contributed by atoms with van der Waals surface area (Å²) < 4.78 is 0. The average molecular weight is 441 g/mol. The predicted molar refractivity (Wildman–Crippen MR) is 128 cm³/mol. The SMILES string of the molecule is CCN(CCO)CCNCc1sc(-c2ccnc(Nc3cc(C)cc(C)c3)n2)nc1C. The van der Waals surface area contributed by atoms with Crippen LogP contribution in [0, 0.1) is 20.8 Å². The largest absolute Gasteiger partial charge is 0.395 e. The maximum absolute atomic E-state index is 9.09. The molecule has 0 radical (unpaired) electrons.